The van der Waals surface area contributed by atoms with E-state index < -0.39 is 6.04 Å². The topological polar surface area (TPSA) is 58.6 Å². The number of amides is 1. The fourth-order valence-corrected chi connectivity index (χ4v) is 3.83. The number of nitrogens with zero attached hydrogens (tertiary/aromatic N) is 1. The molecule has 1 atom stereocenters. The molecular formula is C22H22ClIN2O3. The van der Waals surface area contributed by atoms with E-state index in [9.17, 15) is 9.59 Å². The summed E-state index contributed by atoms with van der Waals surface area (Å²) >= 11 is 8.28. The van der Waals surface area contributed by atoms with Crippen molar-refractivity contribution < 1.29 is 14.3 Å². The number of esters is 1. The van der Waals surface area contributed by atoms with Gasteiger partial charge in [0, 0.05) is 32.1 Å². The van der Waals surface area contributed by atoms with Crippen LogP contribution in [0.4, 0.5) is 11.4 Å². The van der Waals surface area contributed by atoms with E-state index in [-0.39, 0.29) is 11.9 Å². The number of benzene rings is 2. The van der Waals surface area contributed by atoms with Gasteiger partial charge in [-0.25, -0.2) is 4.79 Å². The molecule has 1 N–H and O–H groups in total. The number of carbonyl (C=O) groups excluding carboxylic acids is 2. The van der Waals surface area contributed by atoms with Crippen LogP contribution in [0.2, 0.25) is 5.02 Å². The Hall–Kier alpha value is -2.06. The molecule has 0 aromatic heterocycles. The molecule has 29 heavy (non-hydrogen) atoms. The third-order valence-electron chi connectivity index (χ3n) is 4.62. The Morgan fingerprint density at radius 2 is 2.07 bits per heavy atom. The van der Waals surface area contributed by atoms with Gasteiger partial charge < -0.3 is 15.0 Å². The van der Waals surface area contributed by atoms with Gasteiger partial charge in [-0.1, -0.05) is 35.9 Å². The molecule has 2 aromatic rings. The summed E-state index contributed by atoms with van der Waals surface area (Å²) < 4.78 is 6.16. The maximum absolute atomic E-state index is 12.8. The summed E-state index contributed by atoms with van der Waals surface area (Å²) in [5.74, 6) is -0.373. The zero-order valence-electron chi connectivity index (χ0n) is 16.0. The van der Waals surface area contributed by atoms with Gasteiger partial charge in [-0.05, 0) is 72.7 Å². The molecule has 1 heterocycles. The van der Waals surface area contributed by atoms with Crippen LogP contribution in [0, 0.1) is 3.57 Å². The molecule has 3 rings (SSSR count). The van der Waals surface area contributed by atoms with Crippen molar-refractivity contribution >= 4 is 57.4 Å². The summed E-state index contributed by atoms with van der Waals surface area (Å²) in [6, 6.07) is 14.4. The van der Waals surface area contributed by atoms with E-state index in [1.807, 2.05) is 42.5 Å². The number of hydrogen-bond acceptors (Lipinski definition) is 4. The van der Waals surface area contributed by atoms with Crippen LogP contribution >= 0.6 is 34.2 Å². The number of halogens is 2. The molecule has 1 unspecified atom stereocenters. The predicted octanol–water partition coefficient (Wildman–Crippen LogP) is 5.04. The van der Waals surface area contributed by atoms with E-state index in [4.69, 9.17) is 16.3 Å². The van der Waals surface area contributed by atoms with Gasteiger partial charge >= 0.3 is 5.97 Å². The van der Waals surface area contributed by atoms with Crippen LogP contribution in [-0.2, 0) is 14.3 Å². The van der Waals surface area contributed by atoms with Crippen molar-refractivity contribution in [3.05, 3.63) is 68.8 Å². The van der Waals surface area contributed by atoms with Crippen LogP contribution in [0.3, 0.4) is 0 Å². The van der Waals surface area contributed by atoms with Gasteiger partial charge in [-0.2, -0.15) is 0 Å². The number of nitrogens with one attached hydrogen (secondary N) is 1. The fraction of sp³-hybridized carbons (Fsp3) is 0.273. The van der Waals surface area contributed by atoms with Crippen molar-refractivity contribution in [3.63, 3.8) is 0 Å². The quantitative estimate of drug-likeness (QED) is 0.313. The summed E-state index contributed by atoms with van der Waals surface area (Å²) in [6.45, 7) is 2.70. The molecule has 152 valence electrons. The molecular weight excluding hydrogens is 503 g/mol. The normalized spacial score (nSPS) is 16.2. The van der Waals surface area contributed by atoms with Crippen LogP contribution in [0.25, 0.3) is 0 Å². The number of para-hydroxylation sites is 1. The lowest BCUT2D eigenvalue weighted by Crippen LogP contribution is -2.31. The molecule has 7 heteroatoms. The van der Waals surface area contributed by atoms with E-state index in [1.165, 1.54) is 0 Å². The molecule has 0 bridgehead atoms. The fourth-order valence-electron chi connectivity index (χ4n) is 3.17. The first-order chi connectivity index (χ1) is 14.0. The van der Waals surface area contributed by atoms with Gasteiger partial charge in [-0.3, -0.25) is 4.79 Å². The van der Waals surface area contributed by atoms with E-state index in [2.05, 4.69) is 27.9 Å². The average Bonchev–Trinajstić information content (AvgIpc) is 3.09. The summed E-state index contributed by atoms with van der Waals surface area (Å²) in [4.78, 5) is 27.0. The van der Waals surface area contributed by atoms with Crippen LogP contribution in [-0.4, -0.2) is 31.1 Å². The molecule has 1 aliphatic rings. The largest absolute Gasteiger partial charge is 0.464 e. The van der Waals surface area contributed by atoms with Crippen molar-refractivity contribution in [2.45, 2.75) is 25.8 Å². The molecule has 0 saturated carbocycles. The van der Waals surface area contributed by atoms with Crippen molar-refractivity contribution in [1.82, 2.24) is 0 Å². The average molecular weight is 525 g/mol. The number of carbonyl (C=O) groups is 2. The zero-order valence-corrected chi connectivity index (χ0v) is 18.9. The third kappa shape index (κ3) is 5.51. The Balaban J connectivity index is 1.75. The third-order valence-corrected chi connectivity index (χ3v) is 5.80. The molecule has 1 amide bonds. The van der Waals surface area contributed by atoms with Crippen molar-refractivity contribution in [3.8, 4) is 0 Å². The maximum Gasteiger partial charge on any atom is 0.328 e. The van der Waals surface area contributed by atoms with Gasteiger partial charge in [0.05, 0.1) is 6.61 Å². The first-order valence-corrected chi connectivity index (χ1v) is 10.9. The first-order valence-electron chi connectivity index (χ1n) is 9.43. The molecule has 1 saturated heterocycles. The minimum absolute atomic E-state index is 0.0175. The summed E-state index contributed by atoms with van der Waals surface area (Å²) in [7, 11) is 0. The Kier molecular flexibility index (Phi) is 7.55. The summed E-state index contributed by atoms with van der Waals surface area (Å²) in [5.41, 5.74) is 2.36. The second kappa shape index (κ2) is 10.1. The molecule has 1 fully saturated rings. The molecule has 0 spiro atoms. The smallest absolute Gasteiger partial charge is 0.328 e. The van der Waals surface area contributed by atoms with Crippen molar-refractivity contribution in [2.24, 2.45) is 0 Å². The van der Waals surface area contributed by atoms with E-state index in [0.717, 1.165) is 14.9 Å². The highest BCUT2D eigenvalue weighted by atomic mass is 127. The molecule has 0 aliphatic carbocycles. The molecule has 5 nitrogen and oxygen atoms in total. The number of rotatable bonds is 7. The highest BCUT2D eigenvalue weighted by Crippen LogP contribution is 2.27. The second-order valence-electron chi connectivity index (χ2n) is 6.58. The summed E-state index contributed by atoms with van der Waals surface area (Å²) in [6.07, 6.45) is 2.85. The lowest BCUT2D eigenvalue weighted by Gasteiger charge is -2.18. The number of hydrogen-bond donors (Lipinski definition) is 1. The standard InChI is InChI=1S/C22H22ClIN2O3/c1-2-29-22(28)19(25-20-14-16(23)9-10-18(20)24)11-8-15-12-13-26(21(15)27)17-6-4-3-5-7-17/h3-10,14,19,25H,2,11-13H2,1H3. The van der Waals surface area contributed by atoms with Crippen LogP contribution in [0.15, 0.2) is 60.2 Å². The lowest BCUT2D eigenvalue weighted by molar-refractivity contribution is -0.144. The van der Waals surface area contributed by atoms with Gasteiger partial charge in [0.15, 0.2) is 0 Å². The van der Waals surface area contributed by atoms with Gasteiger partial charge in [0.25, 0.3) is 5.91 Å². The van der Waals surface area contributed by atoms with Gasteiger partial charge in [0.1, 0.15) is 6.04 Å². The molecule has 0 radical (unpaired) electrons. The monoisotopic (exact) mass is 524 g/mol. The Bertz CT molecular complexity index is 918. The Morgan fingerprint density at radius 3 is 2.79 bits per heavy atom. The lowest BCUT2D eigenvalue weighted by atomic mass is 10.1. The minimum Gasteiger partial charge on any atom is -0.464 e. The van der Waals surface area contributed by atoms with Crippen molar-refractivity contribution in [1.29, 1.82) is 0 Å². The minimum atomic E-state index is -0.604. The SMILES string of the molecule is CCOC(=O)C(CC=C1CCN(c2ccccc2)C1=O)Nc1cc(Cl)ccc1I. The van der Waals surface area contributed by atoms with Crippen molar-refractivity contribution in [2.75, 3.05) is 23.4 Å². The highest BCUT2D eigenvalue weighted by Gasteiger charge is 2.28. The highest BCUT2D eigenvalue weighted by molar-refractivity contribution is 14.1. The predicted molar refractivity (Wildman–Crippen MR) is 124 cm³/mol. The number of anilines is 2. The van der Waals surface area contributed by atoms with Crippen LogP contribution in [0.5, 0.6) is 0 Å². The van der Waals surface area contributed by atoms with Crippen LogP contribution < -0.4 is 10.2 Å². The van der Waals surface area contributed by atoms with E-state index >= 15 is 0 Å². The van der Waals surface area contributed by atoms with E-state index in [0.29, 0.717) is 36.6 Å². The number of ether oxygens (including phenoxy) is 1. The van der Waals surface area contributed by atoms with Gasteiger partial charge in [-0.15, -0.1) is 0 Å². The molecule has 1 aliphatic heterocycles. The Morgan fingerprint density at radius 1 is 1.31 bits per heavy atom. The molecule has 2 aromatic carbocycles. The Labute approximate surface area is 189 Å². The summed E-state index contributed by atoms with van der Waals surface area (Å²) in [5, 5.41) is 3.80. The van der Waals surface area contributed by atoms with Crippen LogP contribution in [0.1, 0.15) is 19.8 Å². The maximum atomic E-state index is 12.8. The first kappa shape index (κ1) is 21.6. The zero-order chi connectivity index (χ0) is 20.8. The van der Waals surface area contributed by atoms with Gasteiger partial charge in [0.2, 0.25) is 0 Å². The van der Waals surface area contributed by atoms with E-state index in [1.54, 1.807) is 24.0 Å². The second-order valence-corrected chi connectivity index (χ2v) is 8.18.